The number of imidazole rings is 1. The van der Waals surface area contributed by atoms with Gasteiger partial charge in [-0.2, -0.15) is 0 Å². The number of hydrogen-bond donors (Lipinski definition) is 1. The molecule has 50 valence electrons. The molecule has 1 heterocycles. The Hall–Kier alpha value is 1.02. The number of nitrogens with zero attached hydrogens (tertiary/aromatic N) is 1. The molecule has 0 aliphatic heterocycles. The molecule has 0 saturated heterocycles. The quantitative estimate of drug-likeness (QED) is 0.518. The van der Waals surface area contributed by atoms with Crippen LogP contribution in [-0.2, 0) is 5.41 Å². The predicted molar refractivity (Wildman–Crippen MR) is 36.1 cm³/mol. The first kappa shape index (κ1) is 11.0. The van der Waals surface area contributed by atoms with Gasteiger partial charge in [-0.05, 0) is 11.2 Å². The number of hydrogen-bond acceptors (Lipinski definition) is 1. The van der Waals surface area contributed by atoms with Crippen molar-refractivity contribution in [1.29, 1.82) is 0 Å². The van der Waals surface area contributed by atoms with E-state index in [0.717, 1.165) is 5.82 Å². The Morgan fingerprint density at radius 2 is 2.10 bits per heavy atom. The van der Waals surface area contributed by atoms with E-state index in [0.29, 0.717) is 0 Å². The smallest absolute Gasteiger partial charge is 0.441 e. The molecule has 1 rings (SSSR count). The van der Waals surface area contributed by atoms with Crippen molar-refractivity contribution in [2.45, 2.75) is 26.2 Å². The molecule has 1 N–H and O–H groups in total. The summed E-state index contributed by atoms with van der Waals surface area (Å²) < 4.78 is 0. The SMILES string of the molecule is CC(C)(C)c1n[c-]c[nH]1.[Rb+]. The van der Waals surface area contributed by atoms with E-state index in [4.69, 9.17) is 0 Å². The van der Waals surface area contributed by atoms with Crippen molar-refractivity contribution in [1.82, 2.24) is 9.97 Å². The summed E-state index contributed by atoms with van der Waals surface area (Å²) in [5.74, 6) is 0.988. The average molecular weight is 209 g/mol. The fourth-order valence-corrected chi connectivity index (χ4v) is 0.614. The van der Waals surface area contributed by atoms with Gasteiger partial charge in [-0.25, -0.2) is 0 Å². The summed E-state index contributed by atoms with van der Waals surface area (Å²) >= 11 is 0. The van der Waals surface area contributed by atoms with Crippen LogP contribution in [0.1, 0.15) is 26.6 Å². The van der Waals surface area contributed by atoms with Crippen LogP contribution >= 0.6 is 0 Å². The standard InChI is InChI=1S/C7H11N2.Rb/c1-7(2,3)6-8-4-5-9-6;/h4H,1-3H3,(H,8,9);/q-1;+1. The third-order valence-corrected chi connectivity index (χ3v) is 1.16. The van der Waals surface area contributed by atoms with Gasteiger partial charge in [0.15, 0.2) is 0 Å². The molecule has 0 aromatic carbocycles. The molecule has 0 unspecified atom stereocenters. The summed E-state index contributed by atoms with van der Waals surface area (Å²) in [4.78, 5) is 7.02. The second-order valence-corrected chi connectivity index (χ2v) is 3.13. The molecule has 10 heavy (non-hydrogen) atoms. The Morgan fingerprint density at radius 1 is 1.50 bits per heavy atom. The fraction of sp³-hybridized carbons (Fsp3) is 0.571. The van der Waals surface area contributed by atoms with Gasteiger partial charge in [0.1, 0.15) is 0 Å². The third-order valence-electron chi connectivity index (χ3n) is 1.16. The Morgan fingerprint density at radius 3 is 2.30 bits per heavy atom. The third kappa shape index (κ3) is 2.95. The molecule has 0 radical (unpaired) electrons. The molecule has 1 aromatic rings. The molecule has 0 aliphatic rings. The summed E-state index contributed by atoms with van der Waals surface area (Å²) in [6.45, 7) is 6.33. The van der Waals surface area contributed by atoms with Crippen LogP contribution in [0.3, 0.4) is 0 Å². The maximum Gasteiger partial charge on any atom is 1.00 e. The zero-order valence-corrected chi connectivity index (χ0v) is 11.9. The normalized spacial score (nSPS) is 10.7. The first-order valence-corrected chi connectivity index (χ1v) is 3.02. The molecular weight excluding hydrogens is 198 g/mol. The van der Waals surface area contributed by atoms with Crippen molar-refractivity contribution in [3.8, 4) is 0 Å². The van der Waals surface area contributed by atoms with Crippen LogP contribution in [0.2, 0.25) is 0 Å². The van der Waals surface area contributed by atoms with Crippen molar-refractivity contribution < 1.29 is 58.2 Å². The van der Waals surface area contributed by atoms with E-state index in [1.54, 1.807) is 6.20 Å². The Labute approximate surface area is 111 Å². The molecule has 0 aliphatic carbocycles. The van der Waals surface area contributed by atoms with Gasteiger partial charge in [0, 0.05) is 0 Å². The van der Waals surface area contributed by atoms with Crippen LogP contribution in [0.15, 0.2) is 6.20 Å². The van der Waals surface area contributed by atoms with Crippen LogP contribution in [0.5, 0.6) is 0 Å². The van der Waals surface area contributed by atoms with Gasteiger partial charge in [0.2, 0.25) is 0 Å². The minimum atomic E-state index is 0. The zero-order chi connectivity index (χ0) is 6.91. The van der Waals surface area contributed by atoms with Gasteiger partial charge in [-0.15, -0.1) is 6.20 Å². The van der Waals surface area contributed by atoms with E-state index in [9.17, 15) is 0 Å². The summed E-state index contributed by atoms with van der Waals surface area (Å²) in [5, 5.41) is 0. The van der Waals surface area contributed by atoms with Gasteiger partial charge in [0.25, 0.3) is 0 Å². The largest absolute Gasteiger partial charge is 1.00 e. The minimum Gasteiger partial charge on any atom is -0.441 e. The van der Waals surface area contributed by atoms with Crippen LogP contribution in [-0.4, -0.2) is 9.97 Å². The maximum atomic E-state index is 4.01. The summed E-state index contributed by atoms with van der Waals surface area (Å²) in [6, 6.07) is 0. The summed E-state index contributed by atoms with van der Waals surface area (Å²) in [5.41, 5.74) is 0.125. The number of rotatable bonds is 0. The van der Waals surface area contributed by atoms with E-state index in [1.807, 2.05) is 0 Å². The Kier molecular flexibility index (Phi) is 4.56. The number of nitrogens with one attached hydrogen (secondary N) is 1. The molecule has 0 spiro atoms. The number of aromatic amines is 1. The first-order chi connectivity index (χ1) is 4.11. The molecule has 3 heteroatoms. The van der Waals surface area contributed by atoms with E-state index in [1.165, 1.54) is 0 Å². The van der Waals surface area contributed by atoms with Gasteiger partial charge in [-0.1, -0.05) is 27.0 Å². The Bertz CT molecular complexity index is 174. The second kappa shape index (κ2) is 4.14. The fourth-order valence-electron chi connectivity index (χ4n) is 0.614. The van der Waals surface area contributed by atoms with Gasteiger partial charge in [-0.3, -0.25) is 0 Å². The van der Waals surface area contributed by atoms with E-state index in [-0.39, 0.29) is 63.6 Å². The minimum absolute atomic E-state index is 0. The summed E-state index contributed by atoms with van der Waals surface area (Å²) in [6.07, 6.45) is 4.45. The Balaban J connectivity index is 0.000000810. The molecule has 0 atom stereocenters. The van der Waals surface area contributed by atoms with E-state index in [2.05, 4.69) is 36.9 Å². The number of H-pyrrole nitrogens is 1. The van der Waals surface area contributed by atoms with Gasteiger partial charge in [0.05, 0.1) is 0 Å². The molecule has 0 amide bonds. The van der Waals surface area contributed by atoms with Crippen molar-refractivity contribution in [2.75, 3.05) is 0 Å². The van der Waals surface area contributed by atoms with Crippen LogP contribution in [0.4, 0.5) is 0 Å². The van der Waals surface area contributed by atoms with Crippen molar-refractivity contribution in [3.63, 3.8) is 0 Å². The molecule has 0 saturated carbocycles. The monoisotopic (exact) mass is 208 g/mol. The van der Waals surface area contributed by atoms with Gasteiger partial charge >= 0.3 is 58.2 Å². The zero-order valence-electron chi connectivity index (χ0n) is 7.02. The summed E-state index contributed by atoms with van der Waals surface area (Å²) in [7, 11) is 0. The van der Waals surface area contributed by atoms with Gasteiger partial charge < -0.3 is 9.97 Å². The van der Waals surface area contributed by atoms with E-state index < -0.39 is 0 Å². The molecule has 0 fully saturated rings. The van der Waals surface area contributed by atoms with Crippen molar-refractivity contribution in [2.24, 2.45) is 0 Å². The molecule has 0 bridgehead atoms. The molecular formula is C7H11N2Rb. The van der Waals surface area contributed by atoms with Crippen molar-refractivity contribution >= 4 is 0 Å². The van der Waals surface area contributed by atoms with Crippen LogP contribution in [0, 0.1) is 6.20 Å². The van der Waals surface area contributed by atoms with Crippen LogP contribution < -0.4 is 58.2 Å². The maximum absolute atomic E-state index is 4.01. The first-order valence-electron chi connectivity index (χ1n) is 3.02. The topological polar surface area (TPSA) is 28.7 Å². The number of aromatic nitrogens is 2. The molecule has 1 aromatic heterocycles. The van der Waals surface area contributed by atoms with Crippen molar-refractivity contribution in [3.05, 3.63) is 18.2 Å². The van der Waals surface area contributed by atoms with Crippen LogP contribution in [0.25, 0.3) is 0 Å². The second-order valence-electron chi connectivity index (χ2n) is 3.13. The average Bonchev–Trinajstić information content (AvgIpc) is 2.08. The molecule has 2 nitrogen and oxygen atoms in total. The van der Waals surface area contributed by atoms with E-state index >= 15 is 0 Å². The predicted octanol–water partition coefficient (Wildman–Crippen LogP) is -1.49.